The van der Waals surface area contributed by atoms with E-state index in [4.69, 9.17) is 9.26 Å². The Morgan fingerprint density at radius 2 is 2.16 bits per heavy atom. The molecule has 1 N–H and O–H groups in total. The maximum atomic E-state index is 12.9. The molecule has 0 aliphatic carbocycles. The normalized spacial score (nSPS) is 17.2. The highest BCUT2D eigenvalue weighted by Crippen LogP contribution is 2.37. The Balaban J connectivity index is 1.83. The van der Waals surface area contributed by atoms with Gasteiger partial charge in [-0.3, -0.25) is 0 Å². The number of nitrogens with one attached hydrogen (secondary N) is 1. The highest BCUT2D eigenvalue weighted by molar-refractivity contribution is 5.91. The second-order valence-corrected chi connectivity index (χ2v) is 6.69. The summed E-state index contributed by atoms with van der Waals surface area (Å²) in [5.41, 5.74) is 2.43. The third kappa shape index (κ3) is 3.34. The Morgan fingerprint density at radius 3 is 2.88 bits per heavy atom. The number of amides is 2. The Hall–Kier alpha value is -2.50. The lowest BCUT2D eigenvalue weighted by Crippen LogP contribution is -2.35. The van der Waals surface area contributed by atoms with E-state index in [1.807, 2.05) is 49.9 Å². The summed E-state index contributed by atoms with van der Waals surface area (Å²) in [6.45, 7) is 6.59. The summed E-state index contributed by atoms with van der Waals surface area (Å²) in [6, 6.07) is 7.77. The molecule has 1 unspecified atom stereocenters. The summed E-state index contributed by atoms with van der Waals surface area (Å²) in [4.78, 5) is 14.8. The van der Waals surface area contributed by atoms with Gasteiger partial charge in [0.25, 0.3) is 0 Å². The number of likely N-dealkylation sites (tertiary alicyclic amines) is 1. The molecule has 1 saturated heterocycles. The fourth-order valence-corrected chi connectivity index (χ4v) is 3.39. The van der Waals surface area contributed by atoms with Crippen LogP contribution in [0.5, 0.6) is 5.75 Å². The number of rotatable bonds is 4. The summed E-state index contributed by atoms with van der Waals surface area (Å²) < 4.78 is 10.8. The minimum atomic E-state index is -0.124. The van der Waals surface area contributed by atoms with Gasteiger partial charge in [-0.15, -0.1) is 0 Å². The van der Waals surface area contributed by atoms with Gasteiger partial charge in [-0.2, -0.15) is 0 Å². The van der Waals surface area contributed by atoms with E-state index >= 15 is 0 Å². The monoisotopic (exact) mass is 343 g/mol. The second kappa shape index (κ2) is 7.17. The van der Waals surface area contributed by atoms with Crippen molar-refractivity contribution in [1.29, 1.82) is 0 Å². The van der Waals surface area contributed by atoms with Crippen molar-refractivity contribution in [3.05, 3.63) is 41.3 Å². The van der Waals surface area contributed by atoms with Gasteiger partial charge in [-0.25, -0.2) is 4.79 Å². The molecule has 0 bridgehead atoms. The molecule has 2 amide bonds. The van der Waals surface area contributed by atoms with Crippen molar-refractivity contribution in [3.63, 3.8) is 0 Å². The van der Waals surface area contributed by atoms with Crippen LogP contribution in [0.15, 0.2) is 28.8 Å². The van der Waals surface area contributed by atoms with Crippen LogP contribution in [0.2, 0.25) is 0 Å². The van der Waals surface area contributed by atoms with Crippen molar-refractivity contribution in [1.82, 2.24) is 10.1 Å². The number of methoxy groups -OCH3 is 1. The van der Waals surface area contributed by atoms with Crippen LogP contribution in [0.1, 0.15) is 55.7 Å². The van der Waals surface area contributed by atoms with E-state index in [2.05, 4.69) is 10.5 Å². The molecule has 0 radical (unpaired) electrons. The first kappa shape index (κ1) is 17.3. The minimum Gasteiger partial charge on any atom is -0.496 e. The van der Waals surface area contributed by atoms with Crippen LogP contribution in [0.25, 0.3) is 0 Å². The van der Waals surface area contributed by atoms with E-state index in [9.17, 15) is 4.79 Å². The zero-order valence-electron chi connectivity index (χ0n) is 15.2. The van der Waals surface area contributed by atoms with Crippen molar-refractivity contribution in [2.24, 2.45) is 0 Å². The lowest BCUT2D eigenvalue weighted by atomic mass is 10.0. The molecule has 0 saturated carbocycles. The van der Waals surface area contributed by atoms with Crippen LogP contribution in [-0.4, -0.2) is 29.7 Å². The fraction of sp³-hybridized carbons (Fsp3) is 0.474. The van der Waals surface area contributed by atoms with E-state index in [-0.39, 0.29) is 18.0 Å². The summed E-state index contributed by atoms with van der Waals surface area (Å²) >= 11 is 0. The van der Waals surface area contributed by atoms with Crippen molar-refractivity contribution < 1.29 is 14.1 Å². The van der Waals surface area contributed by atoms with Crippen LogP contribution in [0, 0.1) is 6.92 Å². The largest absolute Gasteiger partial charge is 0.496 e. The van der Waals surface area contributed by atoms with Gasteiger partial charge in [0.1, 0.15) is 17.1 Å². The molecule has 6 nitrogen and oxygen atoms in total. The number of hydrogen-bond donors (Lipinski definition) is 1. The summed E-state index contributed by atoms with van der Waals surface area (Å²) in [5.74, 6) is 1.68. The number of para-hydroxylation sites is 1. The molecule has 1 atom stereocenters. The average molecular weight is 343 g/mol. The number of aryl methyl sites for hydroxylation is 1. The third-order valence-corrected chi connectivity index (χ3v) is 4.66. The highest BCUT2D eigenvalue weighted by Gasteiger charge is 2.32. The lowest BCUT2D eigenvalue weighted by Gasteiger charge is -2.26. The number of hydrogen-bond acceptors (Lipinski definition) is 4. The maximum Gasteiger partial charge on any atom is 0.322 e. The minimum absolute atomic E-state index is 0.0128. The molecule has 1 fully saturated rings. The summed E-state index contributed by atoms with van der Waals surface area (Å²) in [7, 11) is 1.66. The lowest BCUT2D eigenvalue weighted by molar-refractivity contribution is 0.206. The van der Waals surface area contributed by atoms with Crippen molar-refractivity contribution in [2.45, 2.75) is 45.6 Å². The average Bonchev–Trinajstić information content (AvgIpc) is 3.22. The standard InChI is InChI=1S/C19H25N3O3/c1-12(2)18-17(13(3)21-25-18)20-19(23)22-11-7-9-15(22)14-8-5-6-10-16(14)24-4/h5-6,8,10,12,15H,7,9,11H2,1-4H3,(H,20,23). The van der Waals surface area contributed by atoms with Crippen LogP contribution < -0.4 is 10.1 Å². The predicted molar refractivity (Wildman–Crippen MR) is 96.0 cm³/mol. The summed E-state index contributed by atoms with van der Waals surface area (Å²) in [5, 5.41) is 7.00. The van der Waals surface area contributed by atoms with Crippen molar-refractivity contribution in [3.8, 4) is 5.75 Å². The number of ether oxygens (including phenoxy) is 1. The van der Waals surface area contributed by atoms with Crippen molar-refractivity contribution >= 4 is 11.7 Å². The molecule has 6 heteroatoms. The highest BCUT2D eigenvalue weighted by atomic mass is 16.5. The number of carbonyl (C=O) groups excluding carboxylic acids is 1. The number of aromatic nitrogens is 1. The fourth-order valence-electron chi connectivity index (χ4n) is 3.39. The van der Waals surface area contributed by atoms with Gasteiger partial charge in [-0.1, -0.05) is 37.2 Å². The zero-order chi connectivity index (χ0) is 18.0. The van der Waals surface area contributed by atoms with Gasteiger partial charge in [0, 0.05) is 18.0 Å². The van der Waals surface area contributed by atoms with Crippen LogP contribution in [-0.2, 0) is 0 Å². The smallest absolute Gasteiger partial charge is 0.322 e. The number of nitrogens with zero attached hydrogens (tertiary/aromatic N) is 2. The molecule has 0 spiro atoms. The SMILES string of the molecule is COc1ccccc1C1CCCN1C(=O)Nc1c(C)noc1C(C)C. The first-order valence-electron chi connectivity index (χ1n) is 8.69. The topological polar surface area (TPSA) is 67.6 Å². The van der Waals surface area contributed by atoms with Gasteiger partial charge >= 0.3 is 6.03 Å². The quantitative estimate of drug-likeness (QED) is 0.888. The Labute approximate surface area is 148 Å². The van der Waals surface area contributed by atoms with E-state index < -0.39 is 0 Å². The van der Waals surface area contributed by atoms with Crippen LogP contribution in [0.3, 0.4) is 0 Å². The van der Waals surface area contributed by atoms with Gasteiger partial charge < -0.3 is 19.5 Å². The van der Waals surface area contributed by atoms with Crippen molar-refractivity contribution in [2.75, 3.05) is 19.0 Å². The van der Waals surface area contributed by atoms with Gasteiger partial charge in [0.05, 0.1) is 13.2 Å². The molecular weight excluding hydrogens is 318 g/mol. The van der Waals surface area contributed by atoms with Gasteiger partial charge in [0.2, 0.25) is 0 Å². The van der Waals surface area contributed by atoms with Crippen LogP contribution >= 0.6 is 0 Å². The van der Waals surface area contributed by atoms with E-state index in [1.165, 1.54) is 0 Å². The Bertz CT molecular complexity index is 754. The maximum absolute atomic E-state index is 12.9. The first-order chi connectivity index (χ1) is 12.0. The van der Waals surface area contributed by atoms with Gasteiger partial charge in [-0.05, 0) is 25.8 Å². The third-order valence-electron chi connectivity index (χ3n) is 4.66. The second-order valence-electron chi connectivity index (χ2n) is 6.69. The Morgan fingerprint density at radius 1 is 1.40 bits per heavy atom. The molecule has 3 rings (SSSR count). The molecule has 1 aliphatic heterocycles. The van der Waals surface area contributed by atoms with Gasteiger partial charge in [0.15, 0.2) is 5.76 Å². The number of anilines is 1. The number of benzene rings is 1. The molecule has 2 aromatic rings. The molecular formula is C19H25N3O3. The Kier molecular flexibility index (Phi) is 4.97. The molecule has 1 aromatic heterocycles. The number of urea groups is 1. The van der Waals surface area contributed by atoms with E-state index in [1.54, 1.807) is 7.11 Å². The molecule has 1 aliphatic rings. The zero-order valence-corrected chi connectivity index (χ0v) is 15.2. The summed E-state index contributed by atoms with van der Waals surface area (Å²) in [6.07, 6.45) is 1.89. The first-order valence-corrected chi connectivity index (χ1v) is 8.69. The van der Waals surface area contributed by atoms with E-state index in [0.717, 1.165) is 30.7 Å². The van der Waals surface area contributed by atoms with E-state index in [0.29, 0.717) is 17.1 Å². The molecule has 1 aromatic carbocycles. The predicted octanol–water partition coefficient (Wildman–Crippen LogP) is 4.48. The number of carbonyl (C=O) groups is 1. The van der Waals surface area contributed by atoms with Crippen LogP contribution in [0.4, 0.5) is 10.5 Å². The molecule has 25 heavy (non-hydrogen) atoms. The molecule has 2 heterocycles. The molecule has 134 valence electrons.